The van der Waals surface area contributed by atoms with Gasteiger partial charge in [0.1, 0.15) is 5.82 Å². The number of rotatable bonds is 3. The maximum absolute atomic E-state index is 10.5. The second-order valence-corrected chi connectivity index (χ2v) is 6.35. The van der Waals surface area contributed by atoms with Crippen molar-refractivity contribution in [2.75, 3.05) is 23.3 Å². The Balaban J connectivity index is 1.44. The van der Waals surface area contributed by atoms with Crippen molar-refractivity contribution >= 4 is 11.8 Å². The summed E-state index contributed by atoms with van der Waals surface area (Å²) in [6.07, 6.45) is 9.90. The maximum atomic E-state index is 10.5. The van der Waals surface area contributed by atoms with E-state index in [9.17, 15) is 5.11 Å². The molecule has 1 saturated carbocycles. The molecule has 4 rings (SSSR count). The fourth-order valence-electron chi connectivity index (χ4n) is 3.77. The molecule has 0 unspecified atom stereocenters. The standard InChI is InChI=1S/C16H20N6O/c23-14-7-12-10-22(16-19-2-1-3-20-16)9-11(12)6-13(14)21-15-8-17-4-5-18-15/h1-5,8,11-14,23H,6-7,9-10H2,(H,18,21)/t11-,12+,13-,14-/m1/s1. The Morgan fingerprint density at radius 3 is 2.52 bits per heavy atom. The first-order valence-electron chi connectivity index (χ1n) is 8.02. The molecule has 4 atom stereocenters. The smallest absolute Gasteiger partial charge is 0.225 e. The minimum Gasteiger partial charge on any atom is -0.391 e. The van der Waals surface area contributed by atoms with Crippen molar-refractivity contribution in [3.8, 4) is 0 Å². The zero-order valence-electron chi connectivity index (χ0n) is 12.8. The van der Waals surface area contributed by atoms with Crippen LogP contribution in [0, 0.1) is 11.8 Å². The zero-order chi connectivity index (χ0) is 15.6. The first kappa shape index (κ1) is 14.3. The van der Waals surface area contributed by atoms with E-state index < -0.39 is 0 Å². The molecule has 0 spiro atoms. The lowest BCUT2D eigenvalue weighted by molar-refractivity contribution is 0.0737. The lowest BCUT2D eigenvalue weighted by atomic mass is 9.77. The first-order chi connectivity index (χ1) is 11.3. The number of nitrogens with one attached hydrogen (secondary N) is 1. The summed E-state index contributed by atoms with van der Waals surface area (Å²) >= 11 is 0. The molecule has 2 fully saturated rings. The van der Waals surface area contributed by atoms with Gasteiger partial charge in [-0.3, -0.25) is 4.98 Å². The van der Waals surface area contributed by atoms with E-state index >= 15 is 0 Å². The Kier molecular flexibility index (Phi) is 3.78. The number of hydrogen-bond donors (Lipinski definition) is 2. The number of anilines is 2. The Labute approximate surface area is 134 Å². The molecule has 1 saturated heterocycles. The minimum atomic E-state index is -0.366. The van der Waals surface area contributed by atoms with Crippen LogP contribution in [0.15, 0.2) is 37.1 Å². The third kappa shape index (κ3) is 2.96. The van der Waals surface area contributed by atoms with Gasteiger partial charge in [0.2, 0.25) is 5.95 Å². The lowest BCUT2D eigenvalue weighted by Crippen LogP contribution is -2.43. The molecule has 7 heteroatoms. The fourth-order valence-corrected chi connectivity index (χ4v) is 3.77. The average molecular weight is 312 g/mol. The maximum Gasteiger partial charge on any atom is 0.225 e. The highest BCUT2D eigenvalue weighted by molar-refractivity contribution is 5.34. The number of nitrogens with zero attached hydrogens (tertiary/aromatic N) is 5. The Morgan fingerprint density at radius 2 is 1.78 bits per heavy atom. The van der Waals surface area contributed by atoms with Crippen LogP contribution in [0.3, 0.4) is 0 Å². The van der Waals surface area contributed by atoms with Gasteiger partial charge >= 0.3 is 0 Å². The van der Waals surface area contributed by atoms with Gasteiger partial charge < -0.3 is 15.3 Å². The van der Waals surface area contributed by atoms with Crippen molar-refractivity contribution in [3.63, 3.8) is 0 Å². The molecule has 1 aliphatic heterocycles. The number of hydrogen-bond acceptors (Lipinski definition) is 7. The predicted octanol–water partition coefficient (Wildman–Crippen LogP) is 0.954. The van der Waals surface area contributed by atoms with E-state index in [-0.39, 0.29) is 12.1 Å². The molecular formula is C16H20N6O. The number of aliphatic hydroxyl groups is 1. The Morgan fingerprint density at radius 1 is 1.00 bits per heavy atom. The highest BCUT2D eigenvalue weighted by atomic mass is 16.3. The van der Waals surface area contributed by atoms with Crippen LogP contribution in [-0.2, 0) is 0 Å². The molecular weight excluding hydrogens is 292 g/mol. The molecule has 23 heavy (non-hydrogen) atoms. The normalized spacial score (nSPS) is 30.0. The number of fused-ring (bicyclic) bond motifs is 1. The van der Waals surface area contributed by atoms with Crippen molar-refractivity contribution in [1.29, 1.82) is 0 Å². The topological polar surface area (TPSA) is 87.1 Å². The van der Waals surface area contributed by atoms with Crippen molar-refractivity contribution in [1.82, 2.24) is 19.9 Å². The monoisotopic (exact) mass is 312 g/mol. The van der Waals surface area contributed by atoms with Crippen molar-refractivity contribution in [2.24, 2.45) is 11.8 Å². The summed E-state index contributed by atoms with van der Waals surface area (Å²) in [7, 11) is 0. The molecule has 2 aliphatic rings. The van der Waals surface area contributed by atoms with E-state index in [1.54, 1.807) is 31.0 Å². The lowest BCUT2D eigenvalue weighted by Gasteiger charge is -2.35. The second kappa shape index (κ2) is 6.08. The summed E-state index contributed by atoms with van der Waals surface area (Å²) in [5, 5.41) is 13.8. The molecule has 1 aliphatic carbocycles. The largest absolute Gasteiger partial charge is 0.391 e. The molecule has 0 amide bonds. The fraction of sp³-hybridized carbons (Fsp3) is 0.500. The van der Waals surface area contributed by atoms with Gasteiger partial charge in [0.25, 0.3) is 0 Å². The summed E-state index contributed by atoms with van der Waals surface area (Å²) in [6, 6.07) is 1.85. The second-order valence-electron chi connectivity index (χ2n) is 6.35. The van der Waals surface area contributed by atoms with Gasteiger partial charge in [-0.15, -0.1) is 0 Å². The van der Waals surface area contributed by atoms with Crippen molar-refractivity contribution in [2.45, 2.75) is 25.0 Å². The summed E-state index contributed by atoms with van der Waals surface area (Å²) in [4.78, 5) is 19.2. The SMILES string of the molecule is O[C@@H]1C[C@H]2CN(c3ncccn3)C[C@H]2C[C@H]1Nc1cnccn1. The van der Waals surface area contributed by atoms with Crippen molar-refractivity contribution < 1.29 is 5.11 Å². The molecule has 0 radical (unpaired) electrons. The van der Waals surface area contributed by atoms with Crippen molar-refractivity contribution in [3.05, 3.63) is 37.1 Å². The van der Waals surface area contributed by atoms with Gasteiger partial charge in [0, 0.05) is 37.9 Å². The minimum absolute atomic E-state index is 0.0181. The average Bonchev–Trinajstić information content (AvgIpc) is 3.00. The van der Waals surface area contributed by atoms with Gasteiger partial charge in [-0.2, -0.15) is 0 Å². The molecule has 2 aromatic rings. The zero-order valence-corrected chi connectivity index (χ0v) is 12.8. The quantitative estimate of drug-likeness (QED) is 0.872. The predicted molar refractivity (Wildman–Crippen MR) is 85.9 cm³/mol. The molecule has 2 aromatic heterocycles. The molecule has 0 bridgehead atoms. The molecule has 3 heterocycles. The van der Waals surface area contributed by atoms with Gasteiger partial charge in [0.15, 0.2) is 0 Å². The van der Waals surface area contributed by atoms with Crippen LogP contribution >= 0.6 is 0 Å². The van der Waals surface area contributed by atoms with E-state index in [2.05, 4.69) is 30.2 Å². The van der Waals surface area contributed by atoms with E-state index in [4.69, 9.17) is 0 Å². The highest BCUT2D eigenvalue weighted by Crippen LogP contribution is 2.38. The summed E-state index contributed by atoms with van der Waals surface area (Å²) in [5.74, 6) is 2.54. The Hall–Kier alpha value is -2.28. The summed E-state index contributed by atoms with van der Waals surface area (Å²) < 4.78 is 0. The van der Waals surface area contributed by atoms with Crippen LogP contribution in [0.25, 0.3) is 0 Å². The highest BCUT2D eigenvalue weighted by Gasteiger charge is 2.42. The third-order valence-electron chi connectivity index (χ3n) is 4.87. The molecule has 2 N–H and O–H groups in total. The van der Waals surface area contributed by atoms with Crippen LogP contribution in [0.5, 0.6) is 0 Å². The van der Waals surface area contributed by atoms with Gasteiger partial charge in [-0.05, 0) is 30.7 Å². The van der Waals surface area contributed by atoms with Crippen LogP contribution < -0.4 is 10.2 Å². The Bertz CT molecular complexity index is 640. The van der Waals surface area contributed by atoms with Crippen LogP contribution in [0.2, 0.25) is 0 Å². The number of aliphatic hydroxyl groups excluding tert-OH is 1. The van der Waals surface area contributed by atoms with Crippen LogP contribution in [-0.4, -0.2) is 50.3 Å². The van der Waals surface area contributed by atoms with E-state index in [1.165, 1.54) is 0 Å². The van der Waals surface area contributed by atoms with Gasteiger partial charge in [-0.25, -0.2) is 15.0 Å². The summed E-state index contributed by atoms with van der Waals surface area (Å²) in [5.41, 5.74) is 0. The summed E-state index contributed by atoms with van der Waals surface area (Å²) in [6.45, 7) is 1.86. The molecule has 0 aromatic carbocycles. The van der Waals surface area contributed by atoms with Crippen LogP contribution in [0.4, 0.5) is 11.8 Å². The van der Waals surface area contributed by atoms with E-state index in [1.807, 2.05) is 6.07 Å². The number of aromatic nitrogens is 4. The van der Waals surface area contributed by atoms with Crippen LogP contribution in [0.1, 0.15) is 12.8 Å². The van der Waals surface area contributed by atoms with Gasteiger partial charge in [0.05, 0.1) is 18.3 Å². The van der Waals surface area contributed by atoms with Gasteiger partial charge in [-0.1, -0.05) is 0 Å². The first-order valence-corrected chi connectivity index (χ1v) is 8.02. The van der Waals surface area contributed by atoms with E-state index in [0.29, 0.717) is 11.8 Å². The third-order valence-corrected chi connectivity index (χ3v) is 4.87. The molecule has 7 nitrogen and oxygen atoms in total. The molecule has 120 valence electrons. The van der Waals surface area contributed by atoms with E-state index in [0.717, 1.165) is 37.7 Å².